The van der Waals surface area contributed by atoms with Gasteiger partial charge in [0, 0.05) is 19.2 Å². The molecule has 0 aromatic heterocycles. The Hall–Kier alpha value is -1.33. The van der Waals surface area contributed by atoms with Gasteiger partial charge in [-0.2, -0.15) is 0 Å². The summed E-state index contributed by atoms with van der Waals surface area (Å²) in [5, 5.41) is 10.3. The van der Waals surface area contributed by atoms with E-state index in [1.807, 2.05) is 0 Å². The molecule has 1 rings (SSSR count). The van der Waals surface area contributed by atoms with E-state index in [9.17, 15) is 10.1 Å². The van der Waals surface area contributed by atoms with Crippen molar-refractivity contribution in [3.63, 3.8) is 0 Å². The molecule has 0 spiro atoms. The van der Waals surface area contributed by atoms with Crippen LogP contribution in [0.1, 0.15) is 0 Å². The highest BCUT2D eigenvalue weighted by Crippen LogP contribution is 2.15. The summed E-state index contributed by atoms with van der Waals surface area (Å²) < 4.78 is 0. The summed E-state index contributed by atoms with van der Waals surface area (Å²) >= 11 is 0. The van der Waals surface area contributed by atoms with E-state index in [4.69, 9.17) is 0 Å². The third-order valence-corrected chi connectivity index (χ3v) is 1.33. The first-order valence-corrected chi connectivity index (χ1v) is 3.41. The molecule has 0 unspecified atom stereocenters. The van der Waals surface area contributed by atoms with Gasteiger partial charge in [-0.3, -0.25) is 10.1 Å². The lowest BCUT2D eigenvalue weighted by Crippen LogP contribution is -2.14. The van der Waals surface area contributed by atoms with Gasteiger partial charge in [0.25, 0.3) is 5.69 Å². The molecule has 0 aliphatic carbocycles. The second-order valence-electron chi connectivity index (χ2n) is 2.18. The minimum absolute atomic E-state index is 0. The normalized spacial score (nSPS) is 8.69. The Labute approximate surface area is 81.7 Å². The molecule has 0 saturated heterocycles. The molecule has 6 heteroatoms. The van der Waals surface area contributed by atoms with E-state index in [0.29, 0.717) is 5.69 Å². The topological polar surface area (TPSA) is 67.2 Å². The van der Waals surface area contributed by atoms with Gasteiger partial charge in [-0.1, -0.05) is 6.07 Å². The van der Waals surface area contributed by atoms with Crippen molar-refractivity contribution in [1.82, 2.24) is 5.43 Å². The Kier molecular flexibility index (Phi) is 4.79. The standard InChI is InChI=1S/C7H9N3O2.ClH/c1-8-9-6-3-2-4-7(5-6)10(11)12;/h2-5,8-9H,1H3;1H. The van der Waals surface area contributed by atoms with E-state index in [1.165, 1.54) is 12.1 Å². The summed E-state index contributed by atoms with van der Waals surface area (Å²) in [4.78, 5) is 9.89. The highest BCUT2D eigenvalue weighted by atomic mass is 35.5. The quantitative estimate of drug-likeness (QED) is 0.578. The molecule has 0 amide bonds. The number of hydrogen-bond donors (Lipinski definition) is 2. The minimum atomic E-state index is -0.430. The van der Waals surface area contributed by atoms with E-state index < -0.39 is 4.92 Å². The first-order valence-electron chi connectivity index (χ1n) is 3.41. The molecule has 72 valence electrons. The highest BCUT2D eigenvalue weighted by molar-refractivity contribution is 5.85. The monoisotopic (exact) mass is 203 g/mol. The molecule has 0 bridgehead atoms. The summed E-state index contributed by atoms with van der Waals surface area (Å²) in [6.45, 7) is 0. The summed E-state index contributed by atoms with van der Waals surface area (Å²) in [6, 6.07) is 6.26. The van der Waals surface area contributed by atoms with Crippen LogP contribution in [-0.4, -0.2) is 12.0 Å². The van der Waals surface area contributed by atoms with Gasteiger partial charge in [-0.05, 0) is 6.07 Å². The summed E-state index contributed by atoms with van der Waals surface area (Å²) in [6.07, 6.45) is 0. The molecule has 13 heavy (non-hydrogen) atoms. The number of nitrogens with zero attached hydrogens (tertiary/aromatic N) is 1. The molecule has 0 fully saturated rings. The third kappa shape index (κ3) is 3.27. The molecular formula is C7H10ClN3O2. The Bertz CT molecular complexity index is 293. The molecule has 5 nitrogen and oxygen atoms in total. The Morgan fingerprint density at radius 3 is 2.69 bits per heavy atom. The Morgan fingerprint density at radius 1 is 1.46 bits per heavy atom. The predicted molar refractivity (Wildman–Crippen MR) is 53.0 cm³/mol. The second kappa shape index (κ2) is 5.34. The number of benzene rings is 1. The van der Waals surface area contributed by atoms with E-state index >= 15 is 0 Å². The molecule has 0 radical (unpaired) electrons. The van der Waals surface area contributed by atoms with Crippen molar-refractivity contribution in [1.29, 1.82) is 0 Å². The van der Waals surface area contributed by atoms with Crippen molar-refractivity contribution >= 4 is 23.8 Å². The molecule has 0 aliphatic heterocycles. The number of hydrazine groups is 1. The number of hydrogen-bond acceptors (Lipinski definition) is 4. The van der Waals surface area contributed by atoms with Gasteiger partial charge in [0.15, 0.2) is 0 Å². The maximum absolute atomic E-state index is 10.3. The Morgan fingerprint density at radius 2 is 2.15 bits per heavy atom. The maximum atomic E-state index is 10.3. The Balaban J connectivity index is 0.00000144. The van der Waals surface area contributed by atoms with Crippen molar-refractivity contribution in [2.45, 2.75) is 0 Å². The fourth-order valence-corrected chi connectivity index (χ4v) is 0.842. The summed E-state index contributed by atoms with van der Waals surface area (Å²) in [5.74, 6) is 0. The van der Waals surface area contributed by atoms with Crippen molar-refractivity contribution in [3.05, 3.63) is 34.4 Å². The lowest BCUT2D eigenvalue weighted by atomic mass is 10.3. The predicted octanol–water partition coefficient (Wildman–Crippen LogP) is 1.56. The molecule has 0 heterocycles. The molecule has 2 N–H and O–H groups in total. The average molecular weight is 204 g/mol. The first kappa shape index (κ1) is 11.7. The van der Waals surface area contributed by atoms with Gasteiger partial charge in [-0.25, -0.2) is 5.43 Å². The van der Waals surface area contributed by atoms with Crippen LogP contribution in [-0.2, 0) is 0 Å². The van der Waals surface area contributed by atoms with Gasteiger partial charge in [0.2, 0.25) is 0 Å². The van der Waals surface area contributed by atoms with Gasteiger partial charge in [-0.15, -0.1) is 12.4 Å². The molecular weight excluding hydrogens is 194 g/mol. The number of rotatable bonds is 3. The van der Waals surface area contributed by atoms with Crippen molar-refractivity contribution in [3.8, 4) is 0 Å². The zero-order valence-electron chi connectivity index (χ0n) is 6.98. The SMILES string of the molecule is CNNc1cccc([N+](=O)[O-])c1.Cl. The minimum Gasteiger partial charge on any atom is -0.322 e. The van der Waals surface area contributed by atoms with Crippen LogP contribution in [0.5, 0.6) is 0 Å². The van der Waals surface area contributed by atoms with E-state index in [1.54, 1.807) is 19.2 Å². The second-order valence-corrected chi connectivity index (χ2v) is 2.18. The number of nitro groups is 1. The maximum Gasteiger partial charge on any atom is 0.271 e. The van der Waals surface area contributed by atoms with Gasteiger partial charge >= 0.3 is 0 Å². The molecule has 0 saturated carbocycles. The highest BCUT2D eigenvalue weighted by Gasteiger charge is 2.03. The summed E-state index contributed by atoms with van der Waals surface area (Å²) in [7, 11) is 1.69. The van der Waals surface area contributed by atoms with Crippen LogP contribution < -0.4 is 10.9 Å². The fraction of sp³-hybridized carbons (Fsp3) is 0.143. The summed E-state index contributed by atoms with van der Waals surface area (Å²) in [5.41, 5.74) is 6.18. The van der Waals surface area contributed by atoms with Crippen molar-refractivity contribution in [2.75, 3.05) is 12.5 Å². The van der Waals surface area contributed by atoms with Crippen LogP contribution in [0.2, 0.25) is 0 Å². The lowest BCUT2D eigenvalue weighted by molar-refractivity contribution is -0.384. The van der Waals surface area contributed by atoms with Crippen molar-refractivity contribution in [2.24, 2.45) is 0 Å². The first-order chi connectivity index (χ1) is 5.74. The molecule has 0 atom stereocenters. The average Bonchev–Trinajstić information content (AvgIpc) is 2.05. The fourth-order valence-electron chi connectivity index (χ4n) is 0.842. The van der Waals surface area contributed by atoms with Crippen molar-refractivity contribution < 1.29 is 4.92 Å². The number of nitrogens with one attached hydrogen (secondary N) is 2. The van der Waals surface area contributed by atoms with Crippen LogP contribution >= 0.6 is 12.4 Å². The molecule has 1 aromatic carbocycles. The van der Waals surface area contributed by atoms with Crippen LogP contribution in [0, 0.1) is 10.1 Å². The molecule has 1 aromatic rings. The van der Waals surface area contributed by atoms with Crippen LogP contribution in [0.4, 0.5) is 11.4 Å². The van der Waals surface area contributed by atoms with E-state index in [2.05, 4.69) is 10.9 Å². The van der Waals surface area contributed by atoms with Crippen LogP contribution in [0.15, 0.2) is 24.3 Å². The number of anilines is 1. The zero-order chi connectivity index (χ0) is 8.97. The lowest BCUT2D eigenvalue weighted by Gasteiger charge is -2.01. The third-order valence-electron chi connectivity index (χ3n) is 1.33. The van der Waals surface area contributed by atoms with E-state index in [0.717, 1.165) is 0 Å². The van der Waals surface area contributed by atoms with Gasteiger partial charge < -0.3 is 5.43 Å². The van der Waals surface area contributed by atoms with Crippen LogP contribution in [0.25, 0.3) is 0 Å². The number of non-ortho nitro benzene ring substituents is 1. The zero-order valence-corrected chi connectivity index (χ0v) is 7.80. The van der Waals surface area contributed by atoms with Crippen LogP contribution in [0.3, 0.4) is 0 Å². The molecule has 0 aliphatic rings. The number of halogens is 1. The van der Waals surface area contributed by atoms with Gasteiger partial charge in [0.1, 0.15) is 0 Å². The van der Waals surface area contributed by atoms with Gasteiger partial charge in [0.05, 0.1) is 10.6 Å². The number of nitro benzene ring substituents is 1. The largest absolute Gasteiger partial charge is 0.322 e. The van der Waals surface area contributed by atoms with E-state index in [-0.39, 0.29) is 18.1 Å². The smallest absolute Gasteiger partial charge is 0.271 e.